The van der Waals surface area contributed by atoms with Crippen LogP contribution in [-0.2, 0) is 16.6 Å². The van der Waals surface area contributed by atoms with E-state index >= 15 is 0 Å². The highest BCUT2D eigenvalue weighted by Gasteiger charge is 2.31. The average Bonchev–Trinajstić information content (AvgIpc) is 2.81. The number of nitrogens with zero attached hydrogens (tertiary/aromatic N) is 1. The normalized spacial score (nSPS) is 21.2. The fourth-order valence-corrected chi connectivity index (χ4v) is 5.97. The van der Waals surface area contributed by atoms with Gasteiger partial charge in [0, 0.05) is 24.5 Å². The zero-order chi connectivity index (χ0) is 14.8. The second-order valence-corrected chi connectivity index (χ2v) is 8.78. The fourth-order valence-electron chi connectivity index (χ4n) is 2.66. The molecule has 20 heavy (non-hydrogen) atoms. The monoisotopic (exact) mass is 316 g/mol. The first kappa shape index (κ1) is 15.9. The molecule has 0 amide bonds. The SMILES string of the molecule is CCC1CCCN(S(=O)(=O)c2cc(C)c(CNC)s2)C1. The Morgan fingerprint density at radius 3 is 2.90 bits per heavy atom. The summed E-state index contributed by atoms with van der Waals surface area (Å²) in [6, 6.07) is 1.82. The quantitative estimate of drug-likeness (QED) is 0.908. The maximum atomic E-state index is 12.7. The molecule has 0 bridgehead atoms. The highest BCUT2D eigenvalue weighted by molar-refractivity contribution is 7.91. The number of hydrogen-bond acceptors (Lipinski definition) is 4. The summed E-state index contributed by atoms with van der Waals surface area (Å²) in [5.41, 5.74) is 1.06. The molecule has 1 atom stereocenters. The molecule has 1 saturated heterocycles. The van der Waals surface area contributed by atoms with Crippen molar-refractivity contribution in [3.8, 4) is 0 Å². The molecule has 1 unspecified atom stereocenters. The summed E-state index contributed by atoms with van der Waals surface area (Å²) in [5.74, 6) is 0.511. The molecule has 2 heterocycles. The predicted octanol–water partition coefficient (Wildman–Crippen LogP) is 2.59. The smallest absolute Gasteiger partial charge is 0.252 e. The number of nitrogens with one attached hydrogen (secondary N) is 1. The van der Waals surface area contributed by atoms with E-state index in [0.29, 0.717) is 23.2 Å². The van der Waals surface area contributed by atoms with Gasteiger partial charge in [0.25, 0.3) is 10.0 Å². The first-order valence-electron chi connectivity index (χ1n) is 7.23. The van der Waals surface area contributed by atoms with E-state index in [1.165, 1.54) is 11.3 Å². The molecule has 4 nitrogen and oxygen atoms in total. The molecule has 0 aliphatic carbocycles. The molecule has 0 radical (unpaired) electrons. The van der Waals surface area contributed by atoms with Gasteiger partial charge in [-0.3, -0.25) is 0 Å². The second-order valence-electron chi connectivity index (χ2n) is 5.48. The lowest BCUT2D eigenvalue weighted by atomic mass is 9.97. The van der Waals surface area contributed by atoms with Crippen LogP contribution >= 0.6 is 11.3 Å². The minimum Gasteiger partial charge on any atom is -0.315 e. The van der Waals surface area contributed by atoms with Gasteiger partial charge < -0.3 is 5.32 Å². The molecule has 1 N–H and O–H groups in total. The number of sulfonamides is 1. The number of thiophene rings is 1. The van der Waals surface area contributed by atoms with Crippen molar-refractivity contribution in [1.82, 2.24) is 9.62 Å². The number of aryl methyl sites for hydroxylation is 1. The molecule has 1 aromatic heterocycles. The summed E-state index contributed by atoms with van der Waals surface area (Å²) < 4.78 is 27.6. The maximum Gasteiger partial charge on any atom is 0.252 e. The van der Waals surface area contributed by atoms with Crippen LogP contribution in [-0.4, -0.2) is 32.9 Å². The molecule has 1 aliphatic heterocycles. The Morgan fingerprint density at radius 2 is 2.25 bits per heavy atom. The summed E-state index contributed by atoms with van der Waals surface area (Å²) in [5, 5.41) is 3.09. The Hall–Kier alpha value is -0.430. The molecule has 6 heteroatoms. The lowest BCUT2D eigenvalue weighted by Gasteiger charge is -2.30. The Morgan fingerprint density at radius 1 is 1.50 bits per heavy atom. The summed E-state index contributed by atoms with van der Waals surface area (Å²) >= 11 is 1.40. The maximum absolute atomic E-state index is 12.7. The van der Waals surface area contributed by atoms with Crippen molar-refractivity contribution in [1.29, 1.82) is 0 Å². The highest BCUT2D eigenvalue weighted by atomic mass is 32.2. The molecule has 114 valence electrons. The van der Waals surface area contributed by atoms with E-state index in [4.69, 9.17) is 0 Å². The van der Waals surface area contributed by atoms with Crippen LogP contribution < -0.4 is 5.32 Å². The van der Waals surface area contributed by atoms with E-state index in [9.17, 15) is 8.42 Å². The van der Waals surface area contributed by atoms with Crippen LogP contribution in [0.1, 0.15) is 36.6 Å². The van der Waals surface area contributed by atoms with Gasteiger partial charge in [-0.25, -0.2) is 8.42 Å². The van der Waals surface area contributed by atoms with Crippen molar-refractivity contribution in [2.45, 2.75) is 43.9 Å². The lowest BCUT2D eigenvalue weighted by Crippen LogP contribution is -2.39. The van der Waals surface area contributed by atoms with E-state index in [1.807, 2.05) is 20.0 Å². The third-order valence-electron chi connectivity index (χ3n) is 3.99. The van der Waals surface area contributed by atoms with Gasteiger partial charge in [0.2, 0.25) is 0 Å². The molecule has 0 spiro atoms. The highest BCUT2D eigenvalue weighted by Crippen LogP contribution is 2.31. The van der Waals surface area contributed by atoms with Crippen LogP contribution in [0.5, 0.6) is 0 Å². The van der Waals surface area contributed by atoms with Crippen molar-refractivity contribution >= 4 is 21.4 Å². The fraction of sp³-hybridized carbons (Fsp3) is 0.714. The van der Waals surface area contributed by atoms with Crippen LogP contribution in [0.25, 0.3) is 0 Å². The Balaban J connectivity index is 2.23. The van der Waals surface area contributed by atoms with Gasteiger partial charge in [-0.1, -0.05) is 13.3 Å². The Kier molecular flexibility index (Phi) is 5.23. The minimum absolute atomic E-state index is 0.497. The first-order valence-corrected chi connectivity index (χ1v) is 9.48. The minimum atomic E-state index is -3.30. The molecule has 0 aromatic carbocycles. The summed E-state index contributed by atoms with van der Waals surface area (Å²) in [6.45, 7) is 6.19. The van der Waals surface area contributed by atoms with Crippen molar-refractivity contribution in [2.75, 3.05) is 20.1 Å². The van der Waals surface area contributed by atoms with E-state index in [0.717, 1.165) is 36.2 Å². The third-order valence-corrected chi connectivity index (χ3v) is 7.54. The van der Waals surface area contributed by atoms with Gasteiger partial charge in [-0.2, -0.15) is 4.31 Å². The van der Waals surface area contributed by atoms with Gasteiger partial charge in [0.1, 0.15) is 4.21 Å². The van der Waals surface area contributed by atoms with Crippen LogP contribution in [0, 0.1) is 12.8 Å². The third kappa shape index (κ3) is 3.24. The predicted molar refractivity (Wildman–Crippen MR) is 83.6 cm³/mol. The topological polar surface area (TPSA) is 49.4 Å². The standard InChI is InChI=1S/C14H24N2O2S2/c1-4-12-6-5-7-16(10-12)20(17,18)14-8-11(2)13(19-14)9-15-3/h8,12,15H,4-7,9-10H2,1-3H3. The van der Waals surface area contributed by atoms with Crippen molar-refractivity contribution in [3.05, 3.63) is 16.5 Å². The number of rotatable bonds is 5. The van der Waals surface area contributed by atoms with Gasteiger partial charge >= 0.3 is 0 Å². The Labute approximate surface area is 126 Å². The van der Waals surface area contributed by atoms with Crippen molar-refractivity contribution < 1.29 is 8.42 Å². The molecule has 1 aromatic rings. The molecule has 0 saturated carbocycles. The van der Waals surface area contributed by atoms with Crippen molar-refractivity contribution in [2.24, 2.45) is 5.92 Å². The van der Waals surface area contributed by atoms with Crippen LogP contribution in [0.3, 0.4) is 0 Å². The van der Waals surface area contributed by atoms with Gasteiger partial charge in [0.05, 0.1) is 0 Å². The average molecular weight is 316 g/mol. The number of hydrogen-bond donors (Lipinski definition) is 1. The van der Waals surface area contributed by atoms with E-state index < -0.39 is 10.0 Å². The van der Waals surface area contributed by atoms with Gasteiger partial charge in [-0.15, -0.1) is 11.3 Å². The lowest BCUT2D eigenvalue weighted by molar-refractivity contribution is 0.262. The zero-order valence-electron chi connectivity index (χ0n) is 12.5. The summed E-state index contributed by atoms with van der Waals surface area (Å²) in [4.78, 5) is 1.11. The summed E-state index contributed by atoms with van der Waals surface area (Å²) in [6.07, 6.45) is 3.18. The van der Waals surface area contributed by atoms with Crippen LogP contribution in [0.4, 0.5) is 0 Å². The van der Waals surface area contributed by atoms with E-state index in [-0.39, 0.29) is 0 Å². The van der Waals surface area contributed by atoms with E-state index in [1.54, 1.807) is 4.31 Å². The molecule has 1 fully saturated rings. The van der Waals surface area contributed by atoms with Crippen molar-refractivity contribution in [3.63, 3.8) is 0 Å². The summed E-state index contributed by atoms with van der Waals surface area (Å²) in [7, 11) is -1.42. The molecule has 2 rings (SSSR count). The van der Waals surface area contributed by atoms with Gasteiger partial charge in [0.15, 0.2) is 0 Å². The molecule has 1 aliphatic rings. The van der Waals surface area contributed by atoms with Gasteiger partial charge in [-0.05, 0) is 44.4 Å². The van der Waals surface area contributed by atoms with Crippen LogP contribution in [0.15, 0.2) is 10.3 Å². The van der Waals surface area contributed by atoms with Crippen LogP contribution in [0.2, 0.25) is 0 Å². The second kappa shape index (κ2) is 6.56. The molecular weight excluding hydrogens is 292 g/mol. The zero-order valence-corrected chi connectivity index (χ0v) is 14.1. The Bertz CT molecular complexity index is 552. The van der Waals surface area contributed by atoms with E-state index in [2.05, 4.69) is 12.2 Å². The first-order chi connectivity index (χ1) is 9.48. The number of piperidine rings is 1. The largest absolute Gasteiger partial charge is 0.315 e. The molecular formula is C14H24N2O2S2.